The van der Waals surface area contributed by atoms with E-state index in [1.807, 2.05) is 30.3 Å². The van der Waals surface area contributed by atoms with Gasteiger partial charge in [0.1, 0.15) is 10.4 Å². The number of anilines is 1. The van der Waals surface area contributed by atoms with Crippen LogP contribution in [0.1, 0.15) is 20.4 Å². The highest BCUT2D eigenvalue weighted by Crippen LogP contribution is 2.36. The van der Waals surface area contributed by atoms with Crippen molar-refractivity contribution in [2.75, 3.05) is 5.32 Å². The third kappa shape index (κ3) is 2.84. The molecule has 6 nitrogen and oxygen atoms in total. The lowest BCUT2D eigenvalue weighted by molar-refractivity contribution is 0.0703. The van der Waals surface area contributed by atoms with Gasteiger partial charge in [-0.1, -0.05) is 42.5 Å². The summed E-state index contributed by atoms with van der Waals surface area (Å²) in [5.74, 6) is -1.82. The van der Waals surface area contributed by atoms with Gasteiger partial charge in [-0.3, -0.25) is 4.79 Å². The molecule has 2 heterocycles. The molecule has 0 saturated heterocycles. The maximum absolute atomic E-state index is 12.6. The first-order valence-corrected chi connectivity index (χ1v) is 8.58. The Morgan fingerprint density at radius 1 is 1.04 bits per heavy atom. The molecule has 0 atom stereocenters. The molecule has 0 aliphatic carbocycles. The summed E-state index contributed by atoms with van der Waals surface area (Å²) in [7, 11) is 0. The third-order valence-electron chi connectivity index (χ3n) is 3.80. The van der Waals surface area contributed by atoms with Gasteiger partial charge >= 0.3 is 11.9 Å². The smallest absolute Gasteiger partial charge is 0.348 e. The number of aromatic nitrogens is 1. The molecule has 2 aromatic carbocycles. The van der Waals surface area contributed by atoms with Crippen LogP contribution in [0, 0.1) is 0 Å². The van der Waals surface area contributed by atoms with Crippen molar-refractivity contribution >= 4 is 40.0 Å². The molecular formula is C19H12N2O4S. The standard InChI is InChI=1S/C19H12N2O4S/c22-17(18-20-13-8-4-5-9-14(13)25-18)21-15-12(10-26-16(15)19(23)24)11-6-2-1-3-7-11/h1-10H,(H,21,22)(H,23,24). The number of rotatable bonds is 4. The number of amides is 1. The SMILES string of the molecule is O=C(Nc1c(-c2ccccc2)csc1C(=O)O)c1nc2ccccc2o1. The van der Waals surface area contributed by atoms with Gasteiger partial charge in [0.25, 0.3) is 5.89 Å². The summed E-state index contributed by atoms with van der Waals surface area (Å²) in [6.07, 6.45) is 0. The summed E-state index contributed by atoms with van der Waals surface area (Å²) >= 11 is 1.06. The van der Waals surface area contributed by atoms with E-state index in [-0.39, 0.29) is 16.5 Å². The van der Waals surface area contributed by atoms with E-state index >= 15 is 0 Å². The minimum atomic E-state index is -1.11. The zero-order valence-electron chi connectivity index (χ0n) is 13.3. The number of carbonyl (C=O) groups excluding carboxylic acids is 1. The summed E-state index contributed by atoms with van der Waals surface area (Å²) in [4.78, 5) is 28.3. The topological polar surface area (TPSA) is 92.4 Å². The van der Waals surface area contributed by atoms with E-state index in [1.165, 1.54) is 0 Å². The highest BCUT2D eigenvalue weighted by atomic mass is 32.1. The number of carboxylic acid groups (broad SMARTS) is 1. The molecule has 0 spiro atoms. The predicted molar refractivity (Wildman–Crippen MR) is 98.7 cm³/mol. The molecule has 2 N–H and O–H groups in total. The van der Waals surface area contributed by atoms with Crippen molar-refractivity contribution < 1.29 is 19.1 Å². The van der Waals surface area contributed by atoms with Gasteiger partial charge in [0, 0.05) is 10.9 Å². The molecule has 2 aromatic heterocycles. The first-order chi connectivity index (χ1) is 12.6. The molecule has 0 bridgehead atoms. The fourth-order valence-electron chi connectivity index (χ4n) is 2.61. The average Bonchev–Trinajstić information content (AvgIpc) is 3.26. The highest BCUT2D eigenvalue weighted by Gasteiger charge is 2.23. The molecule has 0 aliphatic rings. The molecule has 26 heavy (non-hydrogen) atoms. The Labute approximate surface area is 151 Å². The molecule has 7 heteroatoms. The van der Waals surface area contributed by atoms with Crippen molar-refractivity contribution in [2.24, 2.45) is 0 Å². The number of carbonyl (C=O) groups is 2. The Balaban J connectivity index is 1.73. The molecule has 1 amide bonds. The number of nitrogens with one attached hydrogen (secondary N) is 1. The number of aromatic carboxylic acids is 1. The van der Waals surface area contributed by atoms with Crippen LogP contribution in [0.3, 0.4) is 0 Å². The third-order valence-corrected chi connectivity index (χ3v) is 4.76. The van der Waals surface area contributed by atoms with Crippen molar-refractivity contribution in [3.05, 3.63) is 70.7 Å². The number of hydrogen-bond donors (Lipinski definition) is 2. The lowest BCUT2D eigenvalue weighted by Gasteiger charge is -2.07. The fraction of sp³-hybridized carbons (Fsp3) is 0. The molecule has 128 valence electrons. The van der Waals surface area contributed by atoms with Crippen LogP contribution in [-0.4, -0.2) is 22.0 Å². The van der Waals surface area contributed by atoms with Crippen molar-refractivity contribution in [1.82, 2.24) is 4.98 Å². The van der Waals surface area contributed by atoms with Gasteiger partial charge in [-0.15, -0.1) is 11.3 Å². The first-order valence-electron chi connectivity index (χ1n) is 7.70. The zero-order chi connectivity index (χ0) is 18.1. The first kappa shape index (κ1) is 16.0. The van der Waals surface area contributed by atoms with Crippen LogP contribution in [0.2, 0.25) is 0 Å². The Hall–Kier alpha value is -3.45. The maximum Gasteiger partial charge on any atom is 0.348 e. The lowest BCUT2D eigenvalue weighted by atomic mass is 10.1. The Bertz CT molecular complexity index is 1080. The number of carboxylic acids is 1. The van der Waals surface area contributed by atoms with Gasteiger partial charge in [-0.05, 0) is 17.7 Å². The molecule has 0 aliphatic heterocycles. The van der Waals surface area contributed by atoms with E-state index in [1.54, 1.807) is 29.6 Å². The van der Waals surface area contributed by atoms with Gasteiger partial charge in [0.15, 0.2) is 5.58 Å². The molecular weight excluding hydrogens is 352 g/mol. The van der Waals surface area contributed by atoms with E-state index in [4.69, 9.17) is 4.42 Å². The predicted octanol–water partition coefficient (Wildman–Crippen LogP) is 4.51. The van der Waals surface area contributed by atoms with Gasteiger partial charge in [-0.25, -0.2) is 9.78 Å². The zero-order valence-corrected chi connectivity index (χ0v) is 14.1. The second kappa shape index (κ2) is 6.45. The quantitative estimate of drug-likeness (QED) is 0.556. The Morgan fingerprint density at radius 2 is 1.77 bits per heavy atom. The number of fused-ring (bicyclic) bond motifs is 1. The number of para-hydroxylation sites is 2. The van der Waals surface area contributed by atoms with Gasteiger partial charge in [0.2, 0.25) is 0 Å². The second-order valence-corrected chi connectivity index (χ2v) is 6.35. The highest BCUT2D eigenvalue weighted by molar-refractivity contribution is 7.13. The number of oxazole rings is 1. The summed E-state index contributed by atoms with van der Waals surface area (Å²) in [5, 5.41) is 13.8. The molecule has 0 radical (unpaired) electrons. The second-order valence-electron chi connectivity index (χ2n) is 5.47. The average molecular weight is 364 g/mol. The Morgan fingerprint density at radius 3 is 2.50 bits per heavy atom. The van der Waals surface area contributed by atoms with Crippen molar-refractivity contribution in [3.8, 4) is 11.1 Å². The number of thiophene rings is 1. The fourth-order valence-corrected chi connectivity index (χ4v) is 3.48. The van der Waals surface area contributed by atoms with Gasteiger partial charge < -0.3 is 14.8 Å². The summed E-state index contributed by atoms with van der Waals surface area (Å²) in [6, 6.07) is 16.3. The van der Waals surface area contributed by atoms with Crippen LogP contribution >= 0.6 is 11.3 Å². The monoisotopic (exact) mass is 364 g/mol. The van der Waals surface area contributed by atoms with Crippen molar-refractivity contribution in [1.29, 1.82) is 0 Å². The normalized spacial score (nSPS) is 10.8. The Kier molecular flexibility index (Phi) is 3.98. The van der Waals surface area contributed by atoms with E-state index in [9.17, 15) is 14.7 Å². The van der Waals surface area contributed by atoms with Gasteiger partial charge in [0.05, 0.1) is 5.69 Å². The van der Waals surface area contributed by atoms with E-state index < -0.39 is 11.9 Å². The number of hydrogen-bond acceptors (Lipinski definition) is 5. The van der Waals surface area contributed by atoms with Crippen LogP contribution in [0.4, 0.5) is 5.69 Å². The van der Waals surface area contributed by atoms with E-state index in [2.05, 4.69) is 10.3 Å². The largest absolute Gasteiger partial charge is 0.477 e. The summed E-state index contributed by atoms with van der Waals surface area (Å²) in [6.45, 7) is 0. The maximum atomic E-state index is 12.6. The van der Waals surface area contributed by atoms with Crippen LogP contribution in [0.25, 0.3) is 22.2 Å². The lowest BCUT2D eigenvalue weighted by Crippen LogP contribution is -2.14. The van der Waals surface area contributed by atoms with Crippen molar-refractivity contribution in [2.45, 2.75) is 0 Å². The van der Waals surface area contributed by atoms with Crippen molar-refractivity contribution in [3.63, 3.8) is 0 Å². The van der Waals surface area contributed by atoms with Crippen LogP contribution < -0.4 is 5.32 Å². The van der Waals surface area contributed by atoms with Crippen LogP contribution in [0.5, 0.6) is 0 Å². The summed E-state index contributed by atoms with van der Waals surface area (Å²) < 4.78 is 5.46. The number of benzene rings is 2. The molecule has 0 unspecified atom stereocenters. The molecule has 0 fully saturated rings. The van der Waals surface area contributed by atoms with Gasteiger partial charge in [-0.2, -0.15) is 0 Å². The minimum absolute atomic E-state index is 0.0494. The summed E-state index contributed by atoms with van der Waals surface area (Å²) in [5.41, 5.74) is 2.73. The molecule has 4 aromatic rings. The molecule has 4 rings (SSSR count). The minimum Gasteiger partial charge on any atom is -0.477 e. The molecule has 0 saturated carbocycles. The van der Waals surface area contributed by atoms with E-state index in [0.29, 0.717) is 16.7 Å². The van der Waals surface area contributed by atoms with Crippen LogP contribution in [-0.2, 0) is 0 Å². The van der Waals surface area contributed by atoms with Crippen LogP contribution in [0.15, 0.2) is 64.4 Å². The van der Waals surface area contributed by atoms with E-state index in [0.717, 1.165) is 16.9 Å². The number of nitrogens with zero attached hydrogens (tertiary/aromatic N) is 1.